The first kappa shape index (κ1) is 12.1. The topological polar surface area (TPSA) is 29.1 Å². The van der Waals surface area contributed by atoms with Gasteiger partial charge in [-0.25, -0.2) is 0 Å². The molecule has 2 rings (SSSR count). The van der Waals surface area contributed by atoms with Crippen LogP contribution >= 0.6 is 22.9 Å². The Labute approximate surface area is 109 Å². The summed E-state index contributed by atoms with van der Waals surface area (Å²) in [6.45, 7) is 0.534. The number of halogens is 1. The highest BCUT2D eigenvalue weighted by molar-refractivity contribution is 7.09. The molecule has 0 aliphatic heterocycles. The molecule has 2 aromatic rings. The zero-order chi connectivity index (χ0) is 12.1. The van der Waals surface area contributed by atoms with Crippen molar-refractivity contribution in [2.75, 3.05) is 0 Å². The van der Waals surface area contributed by atoms with E-state index in [-0.39, 0.29) is 5.91 Å². The van der Waals surface area contributed by atoms with E-state index in [2.05, 4.69) is 5.32 Å². The second-order valence-electron chi connectivity index (χ2n) is 3.57. The maximum atomic E-state index is 11.8. The summed E-state index contributed by atoms with van der Waals surface area (Å²) >= 11 is 7.70. The van der Waals surface area contributed by atoms with E-state index in [0.717, 1.165) is 10.4 Å². The maximum Gasteiger partial charge on any atom is 0.242 e. The fraction of sp³-hybridized carbons (Fsp3) is 0.154. The van der Waals surface area contributed by atoms with Gasteiger partial charge in [0.15, 0.2) is 0 Å². The SMILES string of the molecule is O=C(NCc1cccs1)C(Cl)c1ccccc1. The van der Waals surface area contributed by atoms with Crippen molar-refractivity contribution in [1.82, 2.24) is 5.32 Å². The van der Waals surface area contributed by atoms with E-state index < -0.39 is 5.38 Å². The molecular weight excluding hydrogens is 254 g/mol. The second-order valence-corrected chi connectivity index (χ2v) is 5.04. The lowest BCUT2D eigenvalue weighted by Gasteiger charge is -2.09. The van der Waals surface area contributed by atoms with Crippen LogP contribution in [0.2, 0.25) is 0 Å². The third kappa shape index (κ3) is 3.32. The molecule has 0 spiro atoms. The Hall–Kier alpha value is -1.32. The van der Waals surface area contributed by atoms with E-state index in [4.69, 9.17) is 11.6 Å². The van der Waals surface area contributed by atoms with Crippen molar-refractivity contribution in [2.45, 2.75) is 11.9 Å². The Balaban J connectivity index is 1.92. The molecule has 1 aromatic carbocycles. The minimum Gasteiger partial charge on any atom is -0.350 e. The number of benzene rings is 1. The van der Waals surface area contributed by atoms with Gasteiger partial charge in [-0.15, -0.1) is 22.9 Å². The number of thiophene rings is 1. The Morgan fingerprint density at radius 3 is 2.65 bits per heavy atom. The van der Waals surface area contributed by atoms with E-state index in [1.54, 1.807) is 11.3 Å². The molecule has 1 atom stereocenters. The number of carbonyl (C=O) groups excluding carboxylic acids is 1. The number of alkyl halides is 1. The van der Waals surface area contributed by atoms with Crippen LogP contribution in [-0.4, -0.2) is 5.91 Å². The van der Waals surface area contributed by atoms with Crippen LogP contribution in [0.15, 0.2) is 47.8 Å². The highest BCUT2D eigenvalue weighted by Crippen LogP contribution is 2.20. The summed E-state index contributed by atoms with van der Waals surface area (Å²) in [6, 6.07) is 13.3. The largest absolute Gasteiger partial charge is 0.350 e. The van der Waals surface area contributed by atoms with Gasteiger partial charge in [0.2, 0.25) is 5.91 Å². The fourth-order valence-corrected chi connectivity index (χ4v) is 2.32. The van der Waals surface area contributed by atoms with Crippen molar-refractivity contribution in [3.05, 3.63) is 58.3 Å². The minimum absolute atomic E-state index is 0.161. The lowest BCUT2D eigenvalue weighted by atomic mass is 10.1. The van der Waals surface area contributed by atoms with Crippen molar-refractivity contribution in [3.8, 4) is 0 Å². The molecule has 0 fully saturated rings. The standard InChI is InChI=1S/C13H12ClNOS/c14-12(10-5-2-1-3-6-10)13(16)15-9-11-7-4-8-17-11/h1-8,12H,9H2,(H,15,16). The highest BCUT2D eigenvalue weighted by Gasteiger charge is 2.16. The molecule has 0 aliphatic carbocycles. The highest BCUT2D eigenvalue weighted by atomic mass is 35.5. The molecule has 1 amide bonds. The number of nitrogens with one attached hydrogen (secondary N) is 1. The van der Waals surface area contributed by atoms with Gasteiger partial charge in [-0.3, -0.25) is 4.79 Å². The van der Waals surface area contributed by atoms with Crippen molar-refractivity contribution in [3.63, 3.8) is 0 Å². The van der Waals surface area contributed by atoms with Crippen LogP contribution in [0.25, 0.3) is 0 Å². The predicted molar refractivity (Wildman–Crippen MR) is 71.2 cm³/mol. The molecule has 88 valence electrons. The molecular formula is C13H12ClNOS. The van der Waals surface area contributed by atoms with Gasteiger partial charge < -0.3 is 5.32 Å². The van der Waals surface area contributed by atoms with Crippen LogP contribution in [0.4, 0.5) is 0 Å². The van der Waals surface area contributed by atoms with Gasteiger partial charge in [0, 0.05) is 4.88 Å². The molecule has 17 heavy (non-hydrogen) atoms. The van der Waals surface area contributed by atoms with E-state index >= 15 is 0 Å². The summed E-state index contributed by atoms with van der Waals surface area (Å²) in [7, 11) is 0. The number of hydrogen-bond donors (Lipinski definition) is 1. The maximum absolute atomic E-state index is 11.8. The van der Waals surface area contributed by atoms with E-state index in [0.29, 0.717) is 6.54 Å². The zero-order valence-corrected chi connectivity index (χ0v) is 10.7. The summed E-state index contributed by atoms with van der Waals surface area (Å²) in [5, 5.41) is 4.18. The summed E-state index contributed by atoms with van der Waals surface area (Å²) in [5.74, 6) is -0.161. The van der Waals surface area contributed by atoms with Gasteiger partial charge in [0.25, 0.3) is 0 Å². The lowest BCUT2D eigenvalue weighted by Crippen LogP contribution is -2.26. The Kier molecular flexibility index (Phi) is 4.18. The molecule has 1 aromatic heterocycles. The second kappa shape index (κ2) is 5.84. The third-order valence-corrected chi connectivity index (χ3v) is 3.67. The first-order valence-electron chi connectivity index (χ1n) is 5.26. The number of amides is 1. The predicted octanol–water partition coefficient (Wildman–Crippen LogP) is 3.34. The smallest absolute Gasteiger partial charge is 0.242 e. The van der Waals surface area contributed by atoms with Gasteiger partial charge in [0.05, 0.1) is 6.54 Å². The van der Waals surface area contributed by atoms with Crippen molar-refractivity contribution in [1.29, 1.82) is 0 Å². The van der Waals surface area contributed by atoms with Crippen molar-refractivity contribution >= 4 is 28.8 Å². The first-order chi connectivity index (χ1) is 8.27. The van der Waals surface area contributed by atoms with Crippen molar-refractivity contribution in [2.24, 2.45) is 0 Å². The van der Waals surface area contributed by atoms with E-state index in [9.17, 15) is 4.79 Å². The van der Waals surface area contributed by atoms with Crippen LogP contribution in [0.5, 0.6) is 0 Å². The van der Waals surface area contributed by atoms with Crippen LogP contribution in [0.1, 0.15) is 15.8 Å². The average molecular weight is 266 g/mol. The Morgan fingerprint density at radius 1 is 1.24 bits per heavy atom. The molecule has 1 heterocycles. The fourth-order valence-electron chi connectivity index (χ4n) is 1.45. The minimum atomic E-state index is -0.629. The van der Waals surface area contributed by atoms with Gasteiger partial charge >= 0.3 is 0 Å². The summed E-state index contributed by atoms with van der Waals surface area (Å²) in [6.07, 6.45) is 0. The van der Waals surface area contributed by atoms with Gasteiger partial charge in [-0.1, -0.05) is 36.4 Å². The Bertz CT molecular complexity index is 469. The molecule has 0 radical (unpaired) electrons. The van der Waals surface area contributed by atoms with Gasteiger partial charge in [0.1, 0.15) is 5.38 Å². The summed E-state index contributed by atoms with van der Waals surface area (Å²) in [4.78, 5) is 12.9. The number of hydrogen-bond acceptors (Lipinski definition) is 2. The monoisotopic (exact) mass is 265 g/mol. The zero-order valence-electron chi connectivity index (χ0n) is 9.10. The molecule has 2 nitrogen and oxygen atoms in total. The first-order valence-corrected chi connectivity index (χ1v) is 6.58. The summed E-state index contributed by atoms with van der Waals surface area (Å²) < 4.78 is 0. The summed E-state index contributed by atoms with van der Waals surface area (Å²) in [5.41, 5.74) is 0.817. The molecule has 1 N–H and O–H groups in total. The Morgan fingerprint density at radius 2 is 2.00 bits per heavy atom. The van der Waals surface area contributed by atoms with E-state index in [1.807, 2.05) is 47.8 Å². The average Bonchev–Trinajstić information content (AvgIpc) is 2.89. The third-order valence-electron chi connectivity index (χ3n) is 2.34. The van der Waals surface area contributed by atoms with Gasteiger partial charge in [-0.2, -0.15) is 0 Å². The molecule has 0 aliphatic rings. The number of rotatable bonds is 4. The van der Waals surface area contributed by atoms with E-state index in [1.165, 1.54) is 0 Å². The normalized spacial score (nSPS) is 12.1. The van der Waals surface area contributed by atoms with Gasteiger partial charge in [-0.05, 0) is 17.0 Å². The molecule has 0 saturated heterocycles. The number of carbonyl (C=O) groups is 1. The lowest BCUT2D eigenvalue weighted by molar-refractivity contribution is -0.121. The van der Waals surface area contributed by atoms with Crippen LogP contribution in [0, 0.1) is 0 Å². The molecule has 0 bridgehead atoms. The van der Waals surface area contributed by atoms with Crippen molar-refractivity contribution < 1.29 is 4.79 Å². The van der Waals surface area contributed by atoms with Crippen LogP contribution in [-0.2, 0) is 11.3 Å². The molecule has 4 heteroatoms. The molecule has 1 unspecified atom stereocenters. The quantitative estimate of drug-likeness (QED) is 0.844. The molecule has 0 saturated carbocycles. The van der Waals surface area contributed by atoms with Crippen LogP contribution in [0.3, 0.4) is 0 Å². The van der Waals surface area contributed by atoms with Crippen LogP contribution < -0.4 is 5.32 Å².